The van der Waals surface area contributed by atoms with E-state index in [0.717, 1.165) is 98.7 Å². The number of ether oxygens (including phenoxy) is 1. The van der Waals surface area contributed by atoms with E-state index in [-0.39, 0.29) is 30.1 Å². The number of hydrogen-bond donors (Lipinski definition) is 3. The van der Waals surface area contributed by atoms with Gasteiger partial charge in [-0.05, 0) is 120 Å². The second-order valence-corrected chi connectivity index (χ2v) is 15.0. The molecule has 2 fully saturated rings. The lowest BCUT2D eigenvalue weighted by Crippen LogP contribution is -2.53. The second kappa shape index (κ2) is 15.8. The molecular weight excluding hydrogens is 630 g/mol. The lowest BCUT2D eigenvalue weighted by atomic mass is 9.86. The summed E-state index contributed by atoms with van der Waals surface area (Å²) >= 11 is 0. The number of carboxylic acid groups (broad SMARTS) is 1. The average Bonchev–Trinajstić information content (AvgIpc) is 3.06. The first kappa shape index (κ1) is 37.1. The van der Waals surface area contributed by atoms with E-state index in [0.29, 0.717) is 11.1 Å². The van der Waals surface area contributed by atoms with Gasteiger partial charge in [-0.1, -0.05) is 24.3 Å². The molecule has 10 nitrogen and oxygen atoms in total. The number of morpholine rings is 1. The second-order valence-electron chi connectivity index (χ2n) is 15.0. The summed E-state index contributed by atoms with van der Waals surface area (Å²) < 4.78 is 5.51. The summed E-state index contributed by atoms with van der Waals surface area (Å²) in [6.45, 7) is 18.9. The van der Waals surface area contributed by atoms with Gasteiger partial charge in [0.1, 0.15) is 0 Å². The smallest absolute Gasteiger partial charge is 0.407 e. The molecule has 1 aliphatic carbocycles. The van der Waals surface area contributed by atoms with Crippen molar-refractivity contribution in [3.05, 3.63) is 86.3 Å². The minimum atomic E-state index is -0.869. The zero-order valence-electron chi connectivity index (χ0n) is 30.9. The SMILES string of the molecule is CCN(c1cc(-c2ccc(CN3CCOCC3)cc2)cc(C(=O)NCc2c(C)cc(C)[nH]c2=O)c1C)C1CCC(N(C(=O)O)C(C)(C)C)CC1. The molecule has 2 heterocycles. The standard InChI is InChI=1S/C40H55N5O5/c1-8-44(32-13-15-33(16-14-32)45(39(48)49)40(5,6)7)36-23-31(30-11-9-29(10-12-30)25-43-17-19-50-20-18-43)22-34(28(36)4)37(46)41-24-35-26(2)21-27(3)42-38(35)47/h9-12,21-23,32-33H,8,13-20,24-25H2,1-7H3,(H,41,46)(H,42,47)(H,48,49). The molecular formula is C40H55N5O5. The molecule has 2 amide bonds. The van der Waals surface area contributed by atoms with Crippen molar-refractivity contribution in [2.24, 2.45) is 0 Å². The molecule has 1 saturated heterocycles. The Labute approximate surface area is 296 Å². The normalized spacial score (nSPS) is 18.5. The highest BCUT2D eigenvalue weighted by Crippen LogP contribution is 2.37. The molecule has 0 radical (unpaired) electrons. The minimum absolute atomic E-state index is 0.0272. The van der Waals surface area contributed by atoms with Gasteiger partial charge in [0.2, 0.25) is 0 Å². The number of carbonyl (C=O) groups excluding carboxylic acids is 1. The van der Waals surface area contributed by atoms with Gasteiger partial charge >= 0.3 is 6.09 Å². The van der Waals surface area contributed by atoms with Gasteiger partial charge in [0, 0.05) is 72.9 Å². The van der Waals surface area contributed by atoms with Crippen LogP contribution in [0.25, 0.3) is 11.1 Å². The molecule has 0 unspecified atom stereocenters. The van der Waals surface area contributed by atoms with Crippen LogP contribution in [0.5, 0.6) is 0 Å². The largest absolute Gasteiger partial charge is 0.465 e. The highest BCUT2D eigenvalue weighted by atomic mass is 16.5. The number of amides is 2. The third-order valence-corrected chi connectivity index (χ3v) is 10.4. The molecule has 1 saturated carbocycles. The quantitative estimate of drug-likeness (QED) is 0.219. The number of aryl methyl sites for hydroxylation is 2. The van der Waals surface area contributed by atoms with Crippen molar-refractivity contribution < 1.29 is 19.4 Å². The molecule has 5 rings (SSSR count). The van der Waals surface area contributed by atoms with Crippen LogP contribution in [0.3, 0.4) is 0 Å². The van der Waals surface area contributed by atoms with E-state index in [1.165, 1.54) is 5.56 Å². The molecule has 0 spiro atoms. The number of hydrogen-bond acceptors (Lipinski definition) is 6. The Hall–Kier alpha value is -4.15. The van der Waals surface area contributed by atoms with Crippen molar-refractivity contribution in [2.45, 2.75) is 105 Å². The van der Waals surface area contributed by atoms with Crippen LogP contribution in [0.15, 0.2) is 47.3 Å². The number of nitrogens with zero attached hydrogens (tertiary/aromatic N) is 3. The number of aromatic nitrogens is 1. The van der Waals surface area contributed by atoms with Crippen LogP contribution < -0.4 is 15.8 Å². The zero-order valence-corrected chi connectivity index (χ0v) is 30.9. The summed E-state index contributed by atoms with van der Waals surface area (Å²) in [7, 11) is 0. The number of H-pyrrole nitrogens is 1. The van der Waals surface area contributed by atoms with Crippen LogP contribution in [0.2, 0.25) is 0 Å². The molecule has 0 atom stereocenters. The Bertz CT molecular complexity index is 1710. The molecule has 270 valence electrons. The maximum Gasteiger partial charge on any atom is 0.407 e. The van der Waals surface area contributed by atoms with E-state index >= 15 is 0 Å². The summed E-state index contributed by atoms with van der Waals surface area (Å²) in [6, 6.07) is 14.9. The van der Waals surface area contributed by atoms with Crippen molar-refractivity contribution in [1.29, 1.82) is 0 Å². The van der Waals surface area contributed by atoms with Crippen LogP contribution >= 0.6 is 0 Å². The Morgan fingerprint density at radius 1 is 0.960 bits per heavy atom. The van der Waals surface area contributed by atoms with E-state index in [4.69, 9.17) is 4.74 Å². The summed E-state index contributed by atoms with van der Waals surface area (Å²) in [6.07, 6.45) is 2.41. The number of rotatable bonds is 10. The van der Waals surface area contributed by atoms with E-state index in [1.54, 1.807) is 4.90 Å². The fraction of sp³-hybridized carbons (Fsp3) is 0.525. The van der Waals surface area contributed by atoms with Crippen LogP contribution in [-0.4, -0.2) is 82.4 Å². The topological polar surface area (TPSA) is 118 Å². The summed E-state index contributed by atoms with van der Waals surface area (Å²) in [5.74, 6) is -0.226. The van der Waals surface area contributed by atoms with E-state index in [9.17, 15) is 19.5 Å². The highest BCUT2D eigenvalue weighted by molar-refractivity contribution is 5.99. The first-order valence-electron chi connectivity index (χ1n) is 18.1. The van der Waals surface area contributed by atoms with E-state index in [2.05, 4.69) is 57.4 Å². The summed E-state index contributed by atoms with van der Waals surface area (Å²) in [4.78, 5) is 48.2. The number of nitrogens with one attached hydrogen (secondary N) is 2. The first-order valence-corrected chi connectivity index (χ1v) is 18.1. The van der Waals surface area contributed by atoms with Crippen LogP contribution in [0.4, 0.5) is 10.5 Å². The molecule has 2 aliphatic rings. The predicted octanol–water partition coefficient (Wildman–Crippen LogP) is 6.65. The van der Waals surface area contributed by atoms with Gasteiger partial charge in [-0.15, -0.1) is 0 Å². The van der Waals surface area contributed by atoms with Gasteiger partial charge in [0.25, 0.3) is 11.5 Å². The fourth-order valence-electron chi connectivity index (χ4n) is 7.83. The predicted molar refractivity (Wildman–Crippen MR) is 199 cm³/mol. The molecule has 1 aliphatic heterocycles. The molecule has 3 aromatic rings. The van der Waals surface area contributed by atoms with Gasteiger partial charge < -0.3 is 29.9 Å². The average molecular weight is 686 g/mol. The first-order chi connectivity index (χ1) is 23.8. The molecule has 10 heteroatoms. The Morgan fingerprint density at radius 3 is 2.18 bits per heavy atom. The van der Waals surface area contributed by atoms with Gasteiger partial charge in [-0.2, -0.15) is 0 Å². The van der Waals surface area contributed by atoms with Crippen molar-refractivity contribution in [3.8, 4) is 11.1 Å². The minimum Gasteiger partial charge on any atom is -0.465 e. The summed E-state index contributed by atoms with van der Waals surface area (Å²) in [5.41, 5.74) is 7.20. The lowest BCUT2D eigenvalue weighted by molar-refractivity contribution is 0.0342. The molecule has 50 heavy (non-hydrogen) atoms. The molecule has 0 bridgehead atoms. The Morgan fingerprint density at radius 2 is 1.60 bits per heavy atom. The van der Waals surface area contributed by atoms with Crippen LogP contribution in [-0.2, 0) is 17.8 Å². The fourth-order valence-corrected chi connectivity index (χ4v) is 7.83. The van der Waals surface area contributed by atoms with Crippen LogP contribution in [0, 0.1) is 20.8 Å². The number of carbonyl (C=O) groups is 2. The van der Waals surface area contributed by atoms with Crippen LogP contribution in [0.1, 0.15) is 91.7 Å². The van der Waals surface area contributed by atoms with E-state index in [1.807, 2.05) is 53.7 Å². The monoisotopic (exact) mass is 685 g/mol. The van der Waals surface area contributed by atoms with Gasteiger partial charge in [0.15, 0.2) is 0 Å². The Balaban J connectivity index is 1.45. The summed E-state index contributed by atoms with van der Waals surface area (Å²) in [5, 5.41) is 13.1. The maximum atomic E-state index is 14.0. The highest BCUT2D eigenvalue weighted by Gasteiger charge is 2.37. The maximum absolute atomic E-state index is 14.0. The third-order valence-electron chi connectivity index (χ3n) is 10.4. The lowest BCUT2D eigenvalue weighted by Gasteiger charge is -2.45. The van der Waals surface area contributed by atoms with Crippen molar-refractivity contribution in [2.75, 3.05) is 37.7 Å². The number of aromatic amines is 1. The number of anilines is 1. The number of pyridine rings is 1. The van der Waals surface area contributed by atoms with Gasteiger partial charge in [-0.25, -0.2) is 4.79 Å². The molecule has 3 N–H and O–H groups in total. The Kier molecular flexibility index (Phi) is 11.7. The van der Waals surface area contributed by atoms with Crippen molar-refractivity contribution in [1.82, 2.24) is 20.1 Å². The van der Waals surface area contributed by atoms with E-state index < -0.39 is 11.6 Å². The molecule has 2 aromatic carbocycles. The molecule has 1 aromatic heterocycles. The number of benzene rings is 2. The third kappa shape index (κ3) is 8.58. The van der Waals surface area contributed by atoms with Gasteiger partial charge in [-0.3, -0.25) is 14.5 Å². The van der Waals surface area contributed by atoms with Gasteiger partial charge in [0.05, 0.1) is 13.2 Å². The van der Waals surface area contributed by atoms with Crippen molar-refractivity contribution in [3.63, 3.8) is 0 Å². The van der Waals surface area contributed by atoms with Crippen molar-refractivity contribution >= 4 is 17.7 Å². The zero-order chi connectivity index (χ0) is 36.2.